The average Bonchev–Trinajstić information content (AvgIpc) is 3.27. The number of nitrogens with one attached hydrogen (secondary N) is 1. The number of imidazole rings is 1. The molecule has 0 spiro atoms. The van der Waals surface area contributed by atoms with Crippen LogP contribution in [0.2, 0.25) is 0 Å². The van der Waals surface area contributed by atoms with E-state index in [0.717, 1.165) is 42.4 Å². The predicted octanol–water partition coefficient (Wildman–Crippen LogP) is 4.03. The lowest BCUT2D eigenvalue weighted by atomic mass is 10.0. The summed E-state index contributed by atoms with van der Waals surface area (Å²) in [6, 6.07) is 8.29. The third-order valence-electron chi connectivity index (χ3n) is 5.80. The molecule has 0 bridgehead atoms. The monoisotopic (exact) mass is 348 g/mol. The van der Waals surface area contributed by atoms with Crippen LogP contribution in [0.5, 0.6) is 0 Å². The van der Waals surface area contributed by atoms with Gasteiger partial charge in [0.25, 0.3) is 5.91 Å². The minimum absolute atomic E-state index is 0.142. The molecule has 5 rings (SSSR count). The molecule has 1 aliphatic heterocycles. The average molecular weight is 348 g/mol. The van der Waals surface area contributed by atoms with Crippen molar-refractivity contribution < 1.29 is 4.79 Å². The number of piperidine rings is 1. The number of benzene rings is 1. The van der Waals surface area contributed by atoms with E-state index in [9.17, 15) is 4.79 Å². The van der Waals surface area contributed by atoms with Crippen LogP contribution in [0.4, 0.5) is 0 Å². The Morgan fingerprint density at radius 3 is 2.96 bits per heavy atom. The Bertz CT molecular complexity index is 965. The van der Waals surface area contributed by atoms with Crippen LogP contribution in [0.1, 0.15) is 59.5 Å². The van der Waals surface area contributed by atoms with Gasteiger partial charge in [-0.3, -0.25) is 4.79 Å². The highest BCUT2D eigenvalue weighted by molar-refractivity contribution is 5.98. The lowest BCUT2D eigenvalue weighted by molar-refractivity contribution is 0.0677. The molecule has 1 aliphatic carbocycles. The van der Waals surface area contributed by atoms with Gasteiger partial charge in [-0.25, -0.2) is 4.98 Å². The van der Waals surface area contributed by atoms with Gasteiger partial charge >= 0.3 is 0 Å². The van der Waals surface area contributed by atoms with Gasteiger partial charge in [-0.1, -0.05) is 0 Å². The van der Waals surface area contributed by atoms with E-state index in [2.05, 4.69) is 21.5 Å². The lowest BCUT2D eigenvalue weighted by Gasteiger charge is -2.35. The van der Waals surface area contributed by atoms with E-state index in [-0.39, 0.29) is 5.91 Å². The van der Waals surface area contributed by atoms with Crippen LogP contribution in [0.15, 0.2) is 36.7 Å². The van der Waals surface area contributed by atoms with Crippen LogP contribution >= 0.6 is 0 Å². The number of likely N-dealkylation sites (tertiary alicyclic amines) is 1. The van der Waals surface area contributed by atoms with E-state index < -0.39 is 0 Å². The van der Waals surface area contributed by atoms with Crippen molar-refractivity contribution in [1.82, 2.24) is 19.4 Å². The summed E-state index contributed by atoms with van der Waals surface area (Å²) in [7, 11) is 0. The van der Waals surface area contributed by atoms with Gasteiger partial charge < -0.3 is 14.5 Å². The molecule has 3 heterocycles. The fraction of sp³-hybridized carbons (Fsp3) is 0.429. The number of aromatic amines is 1. The number of H-pyrrole nitrogens is 1. The van der Waals surface area contributed by atoms with Gasteiger partial charge in [0.15, 0.2) is 0 Å². The molecule has 1 unspecified atom stereocenters. The Labute approximate surface area is 153 Å². The second kappa shape index (κ2) is 6.01. The number of rotatable bonds is 3. The Hall–Kier alpha value is -2.56. The first-order valence-corrected chi connectivity index (χ1v) is 9.61. The van der Waals surface area contributed by atoms with Crippen LogP contribution < -0.4 is 0 Å². The van der Waals surface area contributed by atoms with Gasteiger partial charge in [0, 0.05) is 53.6 Å². The summed E-state index contributed by atoms with van der Waals surface area (Å²) >= 11 is 0. The zero-order valence-electron chi connectivity index (χ0n) is 15.1. The molecule has 5 nitrogen and oxygen atoms in total. The number of aromatic nitrogens is 3. The molecule has 2 fully saturated rings. The van der Waals surface area contributed by atoms with Crippen LogP contribution in [-0.4, -0.2) is 38.4 Å². The molecule has 1 amide bonds. The van der Waals surface area contributed by atoms with Gasteiger partial charge in [0.05, 0.1) is 6.04 Å². The van der Waals surface area contributed by atoms with Crippen LogP contribution in [-0.2, 0) is 0 Å². The molecule has 0 radical (unpaired) electrons. The Morgan fingerprint density at radius 1 is 1.23 bits per heavy atom. The molecule has 5 heteroatoms. The first-order valence-electron chi connectivity index (χ1n) is 9.61. The topological polar surface area (TPSA) is 53.9 Å². The quantitative estimate of drug-likeness (QED) is 0.777. The summed E-state index contributed by atoms with van der Waals surface area (Å²) < 4.78 is 2.41. The van der Waals surface area contributed by atoms with Gasteiger partial charge in [0.2, 0.25) is 0 Å². The molecular formula is C21H24N4O. The maximum atomic E-state index is 13.1. The second-order valence-corrected chi connectivity index (χ2v) is 7.73. The Kier molecular flexibility index (Phi) is 3.62. The minimum Gasteiger partial charge on any atom is -0.361 e. The molecule has 1 atom stereocenters. The first-order chi connectivity index (χ1) is 12.7. The van der Waals surface area contributed by atoms with Gasteiger partial charge in [-0.05, 0) is 56.9 Å². The van der Waals surface area contributed by atoms with E-state index in [0.29, 0.717) is 12.0 Å². The molecule has 134 valence electrons. The second-order valence-electron chi connectivity index (χ2n) is 7.73. The van der Waals surface area contributed by atoms with E-state index in [4.69, 9.17) is 0 Å². The fourth-order valence-electron chi connectivity index (χ4n) is 4.30. The fourth-order valence-corrected chi connectivity index (χ4v) is 4.30. The third kappa shape index (κ3) is 2.62. The molecule has 1 N–H and O–H groups in total. The van der Waals surface area contributed by atoms with Crippen LogP contribution in [0.25, 0.3) is 10.9 Å². The van der Waals surface area contributed by atoms with Crippen molar-refractivity contribution in [2.75, 3.05) is 13.1 Å². The van der Waals surface area contributed by atoms with E-state index in [1.807, 2.05) is 41.6 Å². The zero-order chi connectivity index (χ0) is 17.7. The minimum atomic E-state index is 0.142. The molecule has 1 saturated carbocycles. The van der Waals surface area contributed by atoms with E-state index in [1.54, 1.807) is 0 Å². The summed E-state index contributed by atoms with van der Waals surface area (Å²) in [5.74, 6) is 2.00. The van der Waals surface area contributed by atoms with E-state index in [1.165, 1.54) is 24.4 Å². The van der Waals surface area contributed by atoms with Crippen molar-refractivity contribution in [2.24, 2.45) is 0 Å². The standard InChI is InChI=1S/C21H24N4O/c1-14-12-23-20(15-4-5-15)25(14)18-3-2-10-24(13-18)21(26)17-6-7-19-16(11-17)8-9-22-19/h6-9,11-12,15,18,22H,2-5,10,13H2,1H3. The van der Waals surface area contributed by atoms with Gasteiger partial charge in [-0.2, -0.15) is 0 Å². The number of amides is 1. The molecule has 2 aliphatic rings. The number of carbonyl (C=O) groups excluding carboxylic acids is 1. The first kappa shape index (κ1) is 15.7. The van der Waals surface area contributed by atoms with Crippen molar-refractivity contribution in [3.8, 4) is 0 Å². The highest BCUT2D eigenvalue weighted by Crippen LogP contribution is 2.41. The van der Waals surface area contributed by atoms with Gasteiger partial charge in [-0.15, -0.1) is 0 Å². The number of fused-ring (bicyclic) bond motifs is 1. The molecule has 2 aromatic heterocycles. The number of carbonyl (C=O) groups is 1. The zero-order valence-corrected chi connectivity index (χ0v) is 15.1. The summed E-state index contributed by atoms with van der Waals surface area (Å²) in [5, 5.41) is 1.09. The molecular weight excluding hydrogens is 324 g/mol. The molecule has 1 aromatic carbocycles. The SMILES string of the molecule is Cc1cnc(C2CC2)n1C1CCCN(C(=O)c2ccc3[nH]ccc3c2)C1. The summed E-state index contributed by atoms with van der Waals surface area (Å²) in [6.45, 7) is 3.76. The summed E-state index contributed by atoms with van der Waals surface area (Å²) in [5.41, 5.74) is 3.07. The number of hydrogen-bond acceptors (Lipinski definition) is 2. The van der Waals surface area contributed by atoms with Crippen LogP contribution in [0.3, 0.4) is 0 Å². The summed E-state index contributed by atoms with van der Waals surface area (Å²) in [4.78, 5) is 23.0. The van der Waals surface area contributed by atoms with Crippen LogP contribution in [0, 0.1) is 6.92 Å². The maximum absolute atomic E-state index is 13.1. The van der Waals surface area contributed by atoms with Crippen molar-refractivity contribution in [1.29, 1.82) is 0 Å². The Balaban J connectivity index is 1.40. The smallest absolute Gasteiger partial charge is 0.253 e. The van der Waals surface area contributed by atoms with Crippen molar-refractivity contribution in [3.63, 3.8) is 0 Å². The summed E-state index contributed by atoms with van der Waals surface area (Å²) in [6.07, 6.45) is 8.58. The van der Waals surface area contributed by atoms with Crippen molar-refractivity contribution >= 4 is 16.8 Å². The molecule has 1 saturated heterocycles. The number of hydrogen-bond donors (Lipinski definition) is 1. The van der Waals surface area contributed by atoms with Crippen molar-refractivity contribution in [2.45, 2.75) is 44.6 Å². The normalized spacial score (nSPS) is 20.7. The predicted molar refractivity (Wildman–Crippen MR) is 101 cm³/mol. The third-order valence-corrected chi connectivity index (χ3v) is 5.80. The molecule has 3 aromatic rings. The van der Waals surface area contributed by atoms with E-state index >= 15 is 0 Å². The number of aryl methyl sites for hydroxylation is 1. The highest BCUT2D eigenvalue weighted by atomic mass is 16.2. The largest absolute Gasteiger partial charge is 0.361 e. The molecule has 26 heavy (non-hydrogen) atoms. The van der Waals surface area contributed by atoms with Gasteiger partial charge in [0.1, 0.15) is 5.82 Å². The van der Waals surface area contributed by atoms with Crippen molar-refractivity contribution in [3.05, 3.63) is 53.7 Å². The maximum Gasteiger partial charge on any atom is 0.253 e. The Morgan fingerprint density at radius 2 is 2.12 bits per heavy atom. The number of nitrogens with zero attached hydrogens (tertiary/aromatic N) is 3. The highest BCUT2D eigenvalue weighted by Gasteiger charge is 2.33. The lowest BCUT2D eigenvalue weighted by Crippen LogP contribution is -2.41.